The second-order valence-electron chi connectivity index (χ2n) is 5.77. The van der Waals surface area contributed by atoms with E-state index < -0.39 is 59.9 Å². The van der Waals surface area contributed by atoms with E-state index in [1.54, 1.807) is 9.47 Å². The van der Waals surface area contributed by atoms with Gasteiger partial charge in [0.25, 0.3) is 0 Å². The normalized spacial score (nSPS) is 28.0. The van der Waals surface area contributed by atoms with Gasteiger partial charge in [-0.05, 0) is 0 Å². The molecule has 0 saturated carbocycles. The Bertz CT molecular complexity index is 744. The van der Waals surface area contributed by atoms with Gasteiger partial charge in [0.2, 0.25) is 0 Å². The van der Waals surface area contributed by atoms with Gasteiger partial charge in [-0.2, -0.15) is 83.4 Å². The van der Waals surface area contributed by atoms with Crippen LogP contribution in [0.3, 0.4) is 0 Å². The first-order chi connectivity index (χ1) is 13.4. The molecule has 23 heteroatoms. The van der Waals surface area contributed by atoms with E-state index in [0.29, 0.717) is 0 Å². The number of halogens is 19. The van der Waals surface area contributed by atoms with E-state index in [0.717, 1.165) is 0 Å². The van der Waals surface area contributed by atoms with Gasteiger partial charge in [0.1, 0.15) is 0 Å². The van der Waals surface area contributed by atoms with Crippen LogP contribution in [0.4, 0.5) is 83.4 Å². The molecule has 0 aromatic heterocycles. The van der Waals surface area contributed by atoms with E-state index in [2.05, 4.69) is 0 Å². The minimum Gasteiger partial charge on any atom is -1.00 e. The number of rotatable bonds is 5. The molecular formula is C10H2F19KO3. The third-order valence-electron chi connectivity index (χ3n) is 3.64. The molecular weight excluding hydrogens is 568 g/mol. The van der Waals surface area contributed by atoms with Crippen LogP contribution in [0.25, 0.3) is 0 Å². The van der Waals surface area contributed by atoms with Crippen molar-refractivity contribution >= 4 is 0 Å². The molecule has 0 aliphatic carbocycles. The molecule has 33 heavy (non-hydrogen) atoms. The summed E-state index contributed by atoms with van der Waals surface area (Å²) in [4.78, 5) is 0. The van der Waals surface area contributed by atoms with E-state index in [1.807, 2.05) is 0 Å². The molecule has 1 rings (SSSR count). The predicted molar refractivity (Wildman–Crippen MR) is 53.9 cm³/mol. The van der Waals surface area contributed by atoms with Crippen LogP contribution in [0.5, 0.6) is 0 Å². The second kappa shape index (κ2) is 8.09. The maximum Gasteiger partial charge on any atom is 1.00 e. The van der Waals surface area contributed by atoms with E-state index >= 15 is 0 Å². The molecule has 0 amide bonds. The van der Waals surface area contributed by atoms with Gasteiger partial charge in [0.05, 0.1) is 0 Å². The van der Waals surface area contributed by atoms with Gasteiger partial charge < -0.3 is 6.53 Å². The van der Waals surface area contributed by atoms with Gasteiger partial charge in [-0.1, -0.05) is 0 Å². The van der Waals surface area contributed by atoms with E-state index in [1.165, 1.54) is 0 Å². The Morgan fingerprint density at radius 3 is 1.12 bits per heavy atom. The van der Waals surface area contributed by atoms with Crippen LogP contribution in [-0.2, 0) is 9.47 Å². The summed E-state index contributed by atoms with van der Waals surface area (Å²) in [5, 5.41) is 8.11. The zero-order valence-electron chi connectivity index (χ0n) is 15.4. The molecule has 1 aliphatic heterocycles. The molecule has 3 nitrogen and oxygen atoms in total. The van der Waals surface area contributed by atoms with Gasteiger partial charge in [0.15, 0.2) is 0 Å². The van der Waals surface area contributed by atoms with Gasteiger partial charge in [0, 0.05) is 0 Å². The summed E-state index contributed by atoms with van der Waals surface area (Å²) in [7, 11) is 0. The standard InChI is InChI=1S/C10HF19O3.K.H/c11-1(12,3(15,16)7(20,21)22)5(19)10(28,29)32-6(31-5,9(26,27)30)2(13,14)4(17,18)8(23,24)25;;/h30H;;/q;+1;-1. The molecule has 2 unspecified atom stereocenters. The fraction of sp³-hybridized carbons (Fsp3) is 1.00. The van der Waals surface area contributed by atoms with Crippen molar-refractivity contribution in [2.24, 2.45) is 0 Å². The maximum absolute atomic E-state index is 14.0. The number of hydrogen-bond acceptors (Lipinski definition) is 3. The van der Waals surface area contributed by atoms with Crippen molar-refractivity contribution in [2.75, 3.05) is 0 Å². The molecule has 0 radical (unpaired) electrons. The van der Waals surface area contributed by atoms with Crippen molar-refractivity contribution in [2.45, 2.75) is 59.9 Å². The second-order valence-corrected chi connectivity index (χ2v) is 5.77. The van der Waals surface area contributed by atoms with Gasteiger partial charge >= 0.3 is 111 Å². The molecule has 0 spiro atoms. The summed E-state index contributed by atoms with van der Waals surface area (Å²) in [6.45, 7) is 0. The quantitative estimate of drug-likeness (QED) is 0.408. The van der Waals surface area contributed by atoms with Gasteiger partial charge in [-0.3, -0.25) is 9.47 Å². The smallest absolute Gasteiger partial charge is 1.00 e. The fourth-order valence-corrected chi connectivity index (χ4v) is 1.98. The third kappa shape index (κ3) is 4.14. The number of ether oxygens (including phenoxy) is 2. The van der Waals surface area contributed by atoms with Gasteiger partial charge in [-0.25, -0.2) is 0 Å². The average Bonchev–Trinajstić information content (AvgIpc) is 2.73. The maximum atomic E-state index is 14.0. The molecule has 1 saturated heterocycles. The van der Waals surface area contributed by atoms with E-state index in [4.69, 9.17) is 5.11 Å². The molecule has 0 aromatic carbocycles. The van der Waals surface area contributed by atoms with Crippen molar-refractivity contribution in [3.05, 3.63) is 0 Å². The van der Waals surface area contributed by atoms with Crippen molar-refractivity contribution in [1.29, 1.82) is 0 Å². The molecule has 1 aliphatic rings. The monoisotopic (exact) mass is 570 g/mol. The summed E-state index contributed by atoms with van der Waals surface area (Å²) < 4.78 is 249. The molecule has 0 aromatic rings. The largest absolute Gasteiger partial charge is 1.00 e. The molecule has 2 atom stereocenters. The van der Waals surface area contributed by atoms with Crippen LogP contribution in [0.15, 0.2) is 0 Å². The zero-order valence-corrected chi connectivity index (χ0v) is 17.6. The first kappa shape index (κ1) is 33.2. The van der Waals surface area contributed by atoms with Gasteiger partial charge in [-0.15, -0.1) is 0 Å². The van der Waals surface area contributed by atoms with Crippen LogP contribution in [0.2, 0.25) is 0 Å². The van der Waals surface area contributed by atoms with Crippen LogP contribution >= 0.6 is 0 Å². The SMILES string of the molecule is OC(F)(F)C1(C(F)(F)C(F)(F)C(F)(F)F)OC(F)(F)C(F)(C(F)(F)C(F)(F)C(F)(F)F)O1.[H-].[K+]. The first-order valence-electron chi connectivity index (χ1n) is 6.63. The molecule has 1 fully saturated rings. The topological polar surface area (TPSA) is 38.7 Å². The Labute approximate surface area is 210 Å². The van der Waals surface area contributed by atoms with Crippen molar-refractivity contribution < 1.29 is 151 Å². The van der Waals surface area contributed by atoms with E-state index in [-0.39, 0.29) is 52.8 Å². The average molecular weight is 570 g/mol. The molecule has 1 N–H and O–H groups in total. The zero-order chi connectivity index (χ0) is 26.4. The van der Waals surface area contributed by atoms with Crippen LogP contribution in [-0.4, -0.2) is 65.0 Å². The van der Waals surface area contributed by atoms with Crippen molar-refractivity contribution in [1.82, 2.24) is 0 Å². The molecule has 194 valence electrons. The third-order valence-corrected chi connectivity index (χ3v) is 3.64. The first-order valence-corrected chi connectivity index (χ1v) is 6.63. The van der Waals surface area contributed by atoms with Crippen molar-refractivity contribution in [3.63, 3.8) is 0 Å². The summed E-state index contributed by atoms with van der Waals surface area (Å²) in [5.74, 6) is -48.6. The Morgan fingerprint density at radius 2 is 0.848 bits per heavy atom. The fourth-order valence-electron chi connectivity index (χ4n) is 1.98. The number of aliphatic hydroxyl groups is 1. The summed E-state index contributed by atoms with van der Waals surface area (Å²) in [6, 6.07) is 0. The van der Waals surface area contributed by atoms with Crippen LogP contribution in [0.1, 0.15) is 1.43 Å². The summed E-state index contributed by atoms with van der Waals surface area (Å²) in [6.07, 6.45) is -30.9. The van der Waals surface area contributed by atoms with Crippen LogP contribution < -0.4 is 51.4 Å². The Hall–Kier alpha value is 0.186. The number of alkyl halides is 19. The van der Waals surface area contributed by atoms with Crippen molar-refractivity contribution in [3.8, 4) is 0 Å². The Morgan fingerprint density at radius 1 is 0.545 bits per heavy atom. The Kier molecular flexibility index (Phi) is 8.14. The molecule has 1 heterocycles. The Balaban J connectivity index is 0. The summed E-state index contributed by atoms with van der Waals surface area (Å²) in [5.41, 5.74) is 0. The predicted octanol–water partition coefficient (Wildman–Crippen LogP) is 2.36. The van der Waals surface area contributed by atoms with E-state index in [9.17, 15) is 83.4 Å². The van der Waals surface area contributed by atoms with Crippen LogP contribution in [0, 0.1) is 0 Å². The summed E-state index contributed by atoms with van der Waals surface area (Å²) >= 11 is 0. The molecule has 0 bridgehead atoms. The number of hydrogen-bond donors (Lipinski definition) is 1. The minimum atomic E-state index is -8.35. The minimum absolute atomic E-state index is 0.